The van der Waals surface area contributed by atoms with Crippen molar-refractivity contribution < 1.29 is 19.1 Å². The molecule has 8 heteroatoms. The van der Waals surface area contributed by atoms with E-state index in [1.165, 1.54) is 6.92 Å². The van der Waals surface area contributed by atoms with Crippen LogP contribution < -0.4 is 5.32 Å². The van der Waals surface area contributed by atoms with E-state index >= 15 is 0 Å². The first-order valence-corrected chi connectivity index (χ1v) is 9.96. The molecule has 31 heavy (non-hydrogen) atoms. The first kappa shape index (κ1) is 20.3. The zero-order valence-corrected chi connectivity index (χ0v) is 17.2. The van der Waals surface area contributed by atoms with Crippen molar-refractivity contribution in [1.82, 2.24) is 20.0 Å². The number of esters is 1. The minimum atomic E-state index is -1.11. The fraction of sp³-hybridized carbons (Fsp3) is 0.217. The van der Waals surface area contributed by atoms with Gasteiger partial charge in [-0.25, -0.2) is 14.3 Å². The van der Waals surface area contributed by atoms with Crippen molar-refractivity contribution in [1.29, 1.82) is 0 Å². The first-order chi connectivity index (χ1) is 14.9. The van der Waals surface area contributed by atoms with Crippen LogP contribution in [0.4, 0.5) is 4.79 Å². The first-order valence-electron chi connectivity index (χ1n) is 9.96. The van der Waals surface area contributed by atoms with E-state index in [2.05, 4.69) is 10.4 Å². The normalized spacial score (nSPS) is 14.3. The van der Waals surface area contributed by atoms with E-state index in [0.29, 0.717) is 12.2 Å². The Balaban J connectivity index is 1.64. The molecule has 158 valence electrons. The van der Waals surface area contributed by atoms with E-state index in [4.69, 9.17) is 4.74 Å². The van der Waals surface area contributed by atoms with E-state index in [1.807, 2.05) is 61.5 Å². The molecule has 8 nitrogen and oxygen atoms in total. The number of carbonyl (C=O) groups excluding carboxylic acids is 3. The molecule has 3 aromatic rings. The number of urea groups is 1. The van der Waals surface area contributed by atoms with Gasteiger partial charge in [-0.1, -0.05) is 48.0 Å². The summed E-state index contributed by atoms with van der Waals surface area (Å²) in [4.78, 5) is 38.3. The number of aromatic nitrogens is 2. The van der Waals surface area contributed by atoms with Crippen molar-refractivity contribution in [3.8, 4) is 16.9 Å². The van der Waals surface area contributed by atoms with E-state index < -0.39 is 24.0 Å². The van der Waals surface area contributed by atoms with Gasteiger partial charge in [-0.15, -0.1) is 0 Å². The van der Waals surface area contributed by atoms with Crippen LogP contribution in [0.1, 0.15) is 22.8 Å². The van der Waals surface area contributed by atoms with Gasteiger partial charge in [-0.2, -0.15) is 5.10 Å². The molecule has 1 N–H and O–H groups in total. The Labute approximate surface area is 179 Å². The van der Waals surface area contributed by atoms with Gasteiger partial charge in [0, 0.05) is 24.8 Å². The Bertz CT molecular complexity index is 1120. The molecule has 0 aliphatic carbocycles. The Morgan fingerprint density at radius 1 is 1.10 bits per heavy atom. The van der Waals surface area contributed by atoms with Crippen molar-refractivity contribution in [2.24, 2.45) is 0 Å². The van der Waals surface area contributed by atoms with E-state index in [9.17, 15) is 14.4 Å². The van der Waals surface area contributed by atoms with Crippen molar-refractivity contribution in [3.05, 3.63) is 71.9 Å². The predicted molar refractivity (Wildman–Crippen MR) is 114 cm³/mol. The quantitative estimate of drug-likeness (QED) is 0.643. The zero-order valence-electron chi connectivity index (χ0n) is 17.2. The van der Waals surface area contributed by atoms with E-state index in [-0.39, 0.29) is 12.1 Å². The summed E-state index contributed by atoms with van der Waals surface area (Å²) in [5.74, 6) is -1.24. The summed E-state index contributed by atoms with van der Waals surface area (Å²) >= 11 is 0. The number of amides is 3. The molecule has 3 amide bonds. The molecule has 2 heterocycles. The number of imide groups is 1. The lowest BCUT2D eigenvalue weighted by Gasteiger charge is -2.18. The third kappa shape index (κ3) is 4.18. The highest BCUT2D eigenvalue weighted by atomic mass is 16.5. The number of benzene rings is 2. The smallest absolute Gasteiger partial charge is 0.342 e. The number of hydrogen-bond donors (Lipinski definition) is 1. The van der Waals surface area contributed by atoms with Gasteiger partial charge in [-0.3, -0.25) is 9.69 Å². The van der Waals surface area contributed by atoms with Crippen LogP contribution in [0.2, 0.25) is 0 Å². The molecule has 1 fully saturated rings. The van der Waals surface area contributed by atoms with Gasteiger partial charge in [0.25, 0.3) is 5.91 Å². The van der Waals surface area contributed by atoms with Crippen LogP contribution >= 0.6 is 0 Å². The van der Waals surface area contributed by atoms with Gasteiger partial charge >= 0.3 is 12.0 Å². The number of carbonyl (C=O) groups is 3. The maximum absolute atomic E-state index is 13.0. The van der Waals surface area contributed by atoms with Crippen LogP contribution in [0.15, 0.2) is 60.8 Å². The number of ether oxygens (including phenoxy) is 1. The number of nitrogens with one attached hydrogen (secondary N) is 1. The van der Waals surface area contributed by atoms with Crippen LogP contribution in [0.3, 0.4) is 0 Å². The number of para-hydroxylation sites is 1. The van der Waals surface area contributed by atoms with E-state index in [1.54, 1.807) is 10.9 Å². The van der Waals surface area contributed by atoms with Gasteiger partial charge < -0.3 is 10.1 Å². The monoisotopic (exact) mass is 418 g/mol. The second-order valence-electron chi connectivity index (χ2n) is 7.31. The molecule has 1 saturated heterocycles. The molecule has 0 spiro atoms. The maximum Gasteiger partial charge on any atom is 0.342 e. The third-order valence-electron chi connectivity index (χ3n) is 5.03. The average Bonchev–Trinajstić information content (AvgIpc) is 3.41. The van der Waals surface area contributed by atoms with Crippen molar-refractivity contribution in [2.45, 2.75) is 20.0 Å². The standard InChI is InChI=1S/C23H22N4O4/c1-15-8-10-17(11-9-15)20-19(14-27(25-20)18-6-4-3-5-7-18)22(29)31-16(2)21(28)26-13-12-24-23(26)30/h3-11,14,16H,12-13H2,1-2H3,(H,24,30). The number of rotatable bonds is 5. The fourth-order valence-corrected chi connectivity index (χ4v) is 3.34. The predicted octanol–water partition coefficient (Wildman–Crippen LogP) is 2.94. The Morgan fingerprint density at radius 3 is 2.45 bits per heavy atom. The molecule has 1 unspecified atom stereocenters. The highest BCUT2D eigenvalue weighted by Gasteiger charge is 2.32. The second kappa shape index (κ2) is 8.43. The molecule has 1 aromatic heterocycles. The third-order valence-corrected chi connectivity index (χ3v) is 5.03. The van der Waals surface area contributed by atoms with Crippen LogP contribution in [0, 0.1) is 6.92 Å². The van der Waals surface area contributed by atoms with Gasteiger partial charge in [0.15, 0.2) is 6.10 Å². The topological polar surface area (TPSA) is 93.5 Å². The van der Waals surface area contributed by atoms with Crippen molar-refractivity contribution >= 4 is 17.9 Å². The largest absolute Gasteiger partial charge is 0.449 e. The molecule has 0 radical (unpaired) electrons. The molecular weight excluding hydrogens is 396 g/mol. The SMILES string of the molecule is Cc1ccc(-c2nn(-c3ccccc3)cc2C(=O)OC(C)C(=O)N2CCNC2=O)cc1. The lowest BCUT2D eigenvalue weighted by atomic mass is 10.1. The Hall–Kier alpha value is -3.94. The van der Waals surface area contributed by atoms with Crippen LogP contribution in [-0.2, 0) is 9.53 Å². The molecule has 4 rings (SSSR count). The highest BCUT2D eigenvalue weighted by molar-refractivity contribution is 6.01. The summed E-state index contributed by atoms with van der Waals surface area (Å²) in [5.41, 5.74) is 3.31. The van der Waals surface area contributed by atoms with Crippen molar-refractivity contribution in [2.75, 3.05) is 13.1 Å². The average molecular weight is 418 g/mol. The lowest BCUT2D eigenvalue weighted by molar-refractivity contribution is -0.136. The van der Waals surface area contributed by atoms with Gasteiger partial charge in [0.2, 0.25) is 0 Å². The maximum atomic E-state index is 13.0. The second-order valence-corrected chi connectivity index (χ2v) is 7.31. The summed E-state index contributed by atoms with van der Waals surface area (Å²) in [6.07, 6.45) is 0.481. The van der Waals surface area contributed by atoms with Crippen LogP contribution in [-0.4, -0.2) is 51.8 Å². The Morgan fingerprint density at radius 2 is 1.81 bits per heavy atom. The van der Waals surface area contributed by atoms with E-state index in [0.717, 1.165) is 21.7 Å². The summed E-state index contributed by atoms with van der Waals surface area (Å²) in [6.45, 7) is 4.06. The number of nitrogens with zero attached hydrogens (tertiary/aromatic N) is 3. The van der Waals surface area contributed by atoms with Gasteiger partial charge in [0.1, 0.15) is 11.3 Å². The molecule has 2 aromatic carbocycles. The minimum Gasteiger partial charge on any atom is -0.449 e. The van der Waals surface area contributed by atoms with Crippen LogP contribution in [0.5, 0.6) is 0 Å². The van der Waals surface area contributed by atoms with Crippen molar-refractivity contribution in [3.63, 3.8) is 0 Å². The summed E-state index contributed by atoms with van der Waals surface area (Å²) in [5, 5.41) is 7.16. The molecule has 0 bridgehead atoms. The number of hydrogen-bond acceptors (Lipinski definition) is 5. The molecule has 1 aliphatic heterocycles. The Kier molecular flexibility index (Phi) is 5.53. The molecular formula is C23H22N4O4. The lowest BCUT2D eigenvalue weighted by Crippen LogP contribution is -2.41. The summed E-state index contributed by atoms with van der Waals surface area (Å²) < 4.78 is 7.03. The number of aryl methyl sites for hydroxylation is 1. The molecule has 0 saturated carbocycles. The minimum absolute atomic E-state index is 0.234. The van der Waals surface area contributed by atoms with Gasteiger partial charge in [-0.05, 0) is 26.0 Å². The molecule has 1 atom stereocenters. The molecule has 1 aliphatic rings. The summed E-state index contributed by atoms with van der Waals surface area (Å²) in [6, 6.07) is 16.5. The summed E-state index contributed by atoms with van der Waals surface area (Å²) in [7, 11) is 0. The van der Waals surface area contributed by atoms with Gasteiger partial charge in [0.05, 0.1) is 5.69 Å². The zero-order chi connectivity index (χ0) is 22.0. The fourth-order valence-electron chi connectivity index (χ4n) is 3.34. The highest BCUT2D eigenvalue weighted by Crippen LogP contribution is 2.25. The van der Waals surface area contributed by atoms with Crippen LogP contribution in [0.25, 0.3) is 16.9 Å².